The van der Waals surface area contributed by atoms with Gasteiger partial charge in [-0.2, -0.15) is 0 Å². The van der Waals surface area contributed by atoms with Crippen LogP contribution < -0.4 is 5.73 Å². The maximum atomic E-state index is 12.6. The topological polar surface area (TPSA) is 46.3 Å². The zero-order valence-corrected chi connectivity index (χ0v) is 12.2. The Morgan fingerprint density at radius 2 is 2.26 bits per heavy atom. The van der Waals surface area contributed by atoms with Gasteiger partial charge in [0, 0.05) is 12.1 Å². The third-order valence-electron chi connectivity index (χ3n) is 3.44. The highest BCUT2D eigenvalue weighted by atomic mass is 16.2. The van der Waals surface area contributed by atoms with Gasteiger partial charge < -0.3 is 10.6 Å². The summed E-state index contributed by atoms with van der Waals surface area (Å²) in [7, 11) is 0. The lowest BCUT2D eigenvalue weighted by molar-refractivity contribution is -0.128. The molecule has 106 valence electrons. The summed E-state index contributed by atoms with van der Waals surface area (Å²) < 4.78 is 0. The number of carbonyl (C=O) groups excluding carboxylic acids is 1. The molecule has 0 saturated carbocycles. The monoisotopic (exact) mass is 262 g/mol. The number of rotatable bonds is 7. The van der Waals surface area contributed by atoms with Gasteiger partial charge in [0.15, 0.2) is 0 Å². The first kappa shape index (κ1) is 15.7. The zero-order valence-electron chi connectivity index (χ0n) is 12.2. The van der Waals surface area contributed by atoms with Gasteiger partial charge in [0.1, 0.15) is 0 Å². The van der Waals surface area contributed by atoms with Crippen LogP contribution in [0.3, 0.4) is 0 Å². The molecule has 0 aromatic rings. The van der Waals surface area contributed by atoms with Crippen LogP contribution in [0.5, 0.6) is 0 Å². The minimum atomic E-state index is 0.107. The van der Waals surface area contributed by atoms with Crippen molar-refractivity contribution in [3.63, 3.8) is 0 Å². The van der Waals surface area contributed by atoms with Crippen molar-refractivity contribution < 1.29 is 4.79 Å². The van der Waals surface area contributed by atoms with Crippen molar-refractivity contribution in [1.82, 2.24) is 4.90 Å². The highest BCUT2D eigenvalue weighted by Gasteiger charge is 2.24. The van der Waals surface area contributed by atoms with E-state index < -0.39 is 0 Å². The molecule has 1 aliphatic carbocycles. The predicted octanol–water partition coefficient (Wildman–Crippen LogP) is 2.79. The molecule has 0 radical (unpaired) electrons. The quantitative estimate of drug-likeness (QED) is 0.717. The van der Waals surface area contributed by atoms with Crippen LogP contribution in [-0.4, -0.2) is 29.9 Å². The van der Waals surface area contributed by atoms with Crippen LogP contribution in [0.2, 0.25) is 0 Å². The predicted molar refractivity (Wildman–Crippen MR) is 80.7 cm³/mol. The van der Waals surface area contributed by atoms with E-state index in [0.29, 0.717) is 13.1 Å². The van der Waals surface area contributed by atoms with Gasteiger partial charge in [0.2, 0.25) is 0 Å². The number of hydrogen-bond acceptors (Lipinski definition) is 2. The zero-order chi connectivity index (χ0) is 14.3. The molecule has 1 aliphatic rings. The van der Waals surface area contributed by atoms with E-state index in [2.05, 4.69) is 19.6 Å². The SMILES string of the molecule is C=C(C)[C@@H](CC)N(CCCN)C(=O)C1=CCCC=C1. The van der Waals surface area contributed by atoms with Gasteiger partial charge in [-0.3, -0.25) is 4.79 Å². The van der Waals surface area contributed by atoms with Crippen LogP contribution in [0.25, 0.3) is 0 Å². The van der Waals surface area contributed by atoms with E-state index in [1.165, 1.54) is 0 Å². The molecule has 0 heterocycles. The minimum absolute atomic E-state index is 0.107. The molecule has 2 N–H and O–H groups in total. The molecule has 0 bridgehead atoms. The Hall–Kier alpha value is -1.35. The van der Waals surface area contributed by atoms with Crippen molar-refractivity contribution in [2.45, 2.75) is 45.6 Å². The Kier molecular flexibility index (Phi) is 6.57. The summed E-state index contributed by atoms with van der Waals surface area (Å²) in [4.78, 5) is 14.6. The molecular weight excluding hydrogens is 236 g/mol. The number of nitrogens with zero attached hydrogens (tertiary/aromatic N) is 1. The van der Waals surface area contributed by atoms with Crippen LogP contribution in [-0.2, 0) is 4.79 Å². The Bertz CT molecular complexity index is 382. The first-order chi connectivity index (χ1) is 9.11. The van der Waals surface area contributed by atoms with Gasteiger partial charge in [0.05, 0.1) is 6.04 Å². The van der Waals surface area contributed by atoms with E-state index in [9.17, 15) is 4.79 Å². The van der Waals surface area contributed by atoms with Crippen molar-refractivity contribution >= 4 is 5.91 Å². The smallest absolute Gasteiger partial charge is 0.254 e. The molecular formula is C16H26N2O. The van der Waals surface area contributed by atoms with Crippen molar-refractivity contribution in [1.29, 1.82) is 0 Å². The second-order valence-corrected chi connectivity index (χ2v) is 5.05. The van der Waals surface area contributed by atoms with Crippen LogP contribution in [0.4, 0.5) is 0 Å². The lowest BCUT2D eigenvalue weighted by Crippen LogP contribution is -2.42. The molecule has 1 amide bonds. The van der Waals surface area contributed by atoms with Gasteiger partial charge in [0.25, 0.3) is 5.91 Å². The number of nitrogens with two attached hydrogens (primary N) is 1. The largest absolute Gasteiger partial charge is 0.332 e. The Morgan fingerprint density at radius 1 is 1.53 bits per heavy atom. The lowest BCUT2D eigenvalue weighted by Gasteiger charge is -2.32. The van der Waals surface area contributed by atoms with Crippen LogP contribution in [0.15, 0.2) is 36.0 Å². The molecule has 0 aromatic heterocycles. The summed E-state index contributed by atoms with van der Waals surface area (Å²) in [5.74, 6) is 0.110. The number of amides is 1. The molecule has 3 heteroatoms. The molecule has 0 spiro atoms. The van der Waals surface area contributed by atoms with Gasteiger partial charge in [-0.25, -0.2) is 0 Å². The standard InChI is InChI=1S/C16H26N2O/c1-4-15(13(2)3)18(12-8-11-17)16(19)14-9-6-5-7-10-14/h6,9-10,15H,2,4-5,7-8,11-12,17H2,1,3H3/t15-/m1/s1. The van der Waals surface area contributed by atoms with Gasteiger partial charge in [-0.15, -0.1) is 0 Å². The molecule has 0 aromatic carbocycles. The van der Waals surface area contributed by atoms with Crippen molar-refractivity contribution in [3.05, 3.63) is 36.0 Å². The van der Waals surface area contributed by atoms with Crippen molar-refractivity contribution in [2.24, 2.45) is 5.73 Å². The van der Waals surface area contributed by atoms with E-state index in [4.69, 9.17) is 5.73 Å². The van der Waals surface area contributed by atoms with Crippen LogP contribution in [0, 0.1) is 0 Å². The fourth-order valence-corrected chi connectivity index (χ4v) is 2.43. The first-order valence-electron chi connectivity index (χ1n) is 7.15. The maximum absolute atomic E-state index is 12.6. The van der Waals surface area contributed by atoms with Crippen molar-refractivity contribution in [2.75, 3.05) is 13.1 Å². The summed E-state index contributed by atoms with van der Waals surface area (Å²) in [6, 6.07) is 0.107. The summed E-state index contributed by atoms with van der Waals surface area (Å²) in [5.41, 5.74) is 7.43. The molecule has 0 aliphatic heterocycles. The Labute approximate surface area is 116 Å². The molecule has 0 saturated heterocycles. The minimum Gasteiger partial charge on any atom is -0.332 e. The third kappa shape index (κ3) is 4.35. The molecule has 3 nitrogen and oxygen atoms in total. The normalized spacial score (nSPS) is 15.8. The third-order valence-corrected chi connectivity index (χ3v) is 3.44. The summed E-state index contributed by atoms with van der Waals surface area (Å²) in [5, 5.41) is 0. The summed E-state index contributed by atoms with van der Waals surface area (Å²) in [6.07, 6.45) is 9.73. The highest BCUT2D eigenvalue weighted by molar-refractivity contribution is 5.96. The Balaban J connectivity index is 2.88. The Morgan fingerprint density at radius 3 is 2.74 bits per heavy atom. The van der Waals surface area contributed by atoms with Gasteiger partial charge in [-0.1, -0.05) is 37.3 Å². The number of hydrogen-bond donors (Lipinski definition) is 1. The molecule has 1 rings (SSSR count). The van der Waals surface area contributed by atoms with E-state index in [1.807, 2.05) is 24.0 Å². The van der Waals surface area contributed by atoms with E-state index in [0.717, 1.165) is 36.8 Å². The molecule has 0 fully saturated rings. The fraction of sp³-hybridized carbons (Fsp3) is 0.562. The molecule has 19 heavy (non-hydrogen) atoms. The van der Waals surface area contributed by atoms with Gasteiger partial charge >= 0.3 is 0 Å². The maximum Gasteiger partial charge on any atom is 0.254 e. The van der Waals surface area contributed by atoms with Gasteiger partial charge in [-0.05, 0) is 39.2 Å². The molecule has 1 atom stereocenters. The summed E-state index contributed by atoms with van der Waals surface area (Å²) in [6.45, 7) is 9.40. The highest BCUT2D eigenvalue weighted by Crippen LogP contribution is 2.19. The molecule has 0 unspecified atom stereocenters. The second-order valence-electron chi connectivity index (χ2n) is 5.05. The first-order valence-corrected chi connectivity index (χ1v) is 7.15. The van der Waals surface area contributed by atoms with Crippen LogP contribution >= 0.6 is 0 Å². The van der Waals surface area contributed by atoms with E-state index >= 15 is 0 Å². The van der Waals surface area contributed by atoms with Crippen molar-refractivity contribution in [3.8, 4) is 0 Å². The average Bonchev–Trinajstić information content (AvgIpc) is 2.43. The fourth-order valence-electron chi connectivity index (χ4n) is 2.43. The number of allylic oxidation sites excluding steroid dienone is 2. The van der Waals surface area contributed by atoms with Crippen LogP contribution in [0.1, 0.15) is 39.5 Å². The van der Waals surface area contributed by atoms with E-state index in [-0.39, 0.29) is 11.9 Å². The second kappa shape index (κ2) is 7.95. The van der Waals surface area contributed by atoms with E-state index in [1.54, 1.807) is 0 Å². The average molecular weight is 262 g/mol. The lowest BCUT2D eigenvalue weighted by atomic mass is 10.0. The number of carbonyl (C=O) groups is 1. The summed E-state index contributed by atoms with van der Waals surface area (Å²) >= 11 is 0.